The van der Waals surface area contributed by atoms with Crippen LogP contribution in [0.5, 0.6) is 0 Å². The number of fused-ring (bicyclic) bond motifs is 1. The van der Waals surface area contributed by atoms with Crippen molar-refractivity contribution in [1.82, 2.24) is 10.3 Å². The third-order valence-electron chi connectivity index (χ3n) is 3.41. The van der Waals surface area contributed by atoms with Gasteiger partial charge < -0.3 is 16.0 Å². The highest BCUT2D eigenvalue weighted by Gasteiger charge is 2.27. The normalized spacial score (nSPS) is 13.1. The molecule has 0 fully saturated rings. The van der Waals surface area contributed by atoms with E-state index in [0.29, 0.717) is 17.3 Å². The maximum atomic E-state index is 12.5. The minimum absolute atomic E-state index is 0. The van der Waals surface area contributed by atoms with Gasteiger partial charge in [-0.05, 0) is 25.3 Å². The van der Waals surface area contributed by atoms with E-state index in [1.54, 1.807) is 11.3 Å². The fraction of sp³-hybridized carbons (Fsp3) is 0.600. The van der Waals surface area contributed by atoms with Crippen LogP contribution in [-0.4, -0.2) is 37.1 Å². The topological polar surface area (TPSA) is 71.2 Å². The molecule has 0 radical (unpaired) electrons. The Bertz CT molecular complexity index is 640. The van der Waals surface area contributed by atoms with Crippen LogP contribution in [0.25, 0.3) is 9.53 Å². The van der Waals surface area contributed by atoms with Gasteiger partial charge in [0.1, 0.15) is 4.83 Å². The molecule has 2 rings (SSSR count). The molecule has 0 aliphatic heterocycles. The third-order valence-corrected chi connectivity index (χ3v) is 5.74. The number of rotatable bonds is 6. The number of amides is 1. The number of aromatic nitrogens is 1. The summed E-state index contributed by atoms with van der Waals surface area (Å²) in [6, 6.07) is 1.92. The summed E-state index contributed by atoms with van der Waals surface area (Å²) < 4.78 is 1.05. The van der Waals surface area contributed by atoms with E-state index < -0.39 is 0 Å². The second kappa shape index (κ2) is 9.20. The summed E-state index contributed by atoms with van der Waals surface area (Å²) >= 11 is 3.03. The second-order valence-corrected chi connectivity index (χ2v) is 8.53. The molecule has 9 heteroatoms. The minimum atomic E-state index is -0.370. The summed E-state index contributed by atoms with van der Waals surface area (Å²) in [4.78, 5) is 20.6. The first-order chi connectivity index (χ1) is 10.2. The van der Waals surface area contributed by atoms with Crippen LogP contribution in [0.1, 0.15) is 36.9 Å². The standard InChI is InChI=1S/C15H24N4OS2.2ClH/c1-9(2)7-15(3,8-16)18-12(20)10-6-11-13(21-10)17-14(22-11)19(4)5;;/h6,9H,7-8,16H2,1-5H3,(H,18,20);2*1H. The van der Waals surface area contributed by atoms with Gasteiger partial charge in [-0.15, -0.1) is 36.2 Å². The van der Waals surface area contributed by atoms with Crippen molar-refractivity contribution in [3.8, 4) is 0 Å². The molecule has 2 aromatic rings. The highest BCUT2D eigenvalue weighted by Crippen LogP contribution is 2.34. The lowest BCUT2D eigenvalue weighted by Gasteiger charge is -2.31. The van der Waals surface area contributed by atoms with Gasteiger partial charge in [0.05, 0.1) is 15.1 Å². The zero-order chi connectivity index (χ0) is 16.5. The van der Waals surface area contributed by atoms with Crippen molar-refractivity contribution in [3.63, 3.8) is 0 Å². The van der Waals surface area contributed by atoms with E-state index in [2.05, 4.69) is 24.1 Å². The summed E-state index contributed by atoms with van der Waals surface area (Å²) in [7, 11) is 3.93. The van der Waals surface area contributed by atoms with E-state index in [1.165, 1.54) is 11.3 Å². The second-order valence-electron chi connectivity index (χ2n) is 6.49. The maximum absolute atomic E-state index is 12.5. The summed E-state index contributed by atoms with van der Waals surface area (Å²) in [5, 5.41) is 4.05. The lowest BCUT2D eigenvalue weighted by atomic mass is 9.90. The van der Waals surface area contributed by atoms with Crippen LogP contribution in [0.2, 0.25) is 0 Å². The number of hydrogen-bond donors (Lipinski definition) is 2. The molecule has 1 unspecified atom stereocenters. The fourth-order valence-electron chi connectivity index (χ4n) is 2.45. The molecule has 0 spiro atoms. The molecular weight excluding hydrogens is 387 g/mol. The Kier molecular flexibility index (Phi) is 8.97. The summed E-state index contributed by atoms with van der Waals surface area (Å²) in [6.07, 6.45) is 0.859. The van der Waals surface area contributed by atoms with Gasteiger partial charge in [0.15, 0.2) is 5.13 Å². The largest absolute Gasteiger partial charge is 0.354 e. The zero-order valence-electron chi connectivity index (χ0n) is 14.6. The van der Waals surface area contributed by atoms with Crippen molar-refractivity contribution < 1.29 is 4.79 Å². The van der Waals surface area contributed by atoms with Crippen LogP contribution in [0.3, 0.4) is 0 Å². The average Bonchev–Trinajstić information content (AvgIpc) is 2.95. The van der Waals surface area contributed by atoms with Crippen molar-refractivity contribution in [2.45, 2.75) is 32.7 Å². The molecule has 0 bridgehead atoms. The van der Waals surface area contributed by atoms with E-state index in [-0.39, 0.29) is 36.3 Å². The Morgan fingerprint density at radius 1 is 1.38 bits per heavy atom. The zero-order valence-corrected chi connectivity index (χ0v) is 17.8. The molecule has 24 heavy (non-hydrogen) atoms. The number of hydrogen-bond acceptors (Lipinski definition) is 6. The lowest BCUT2D eigenvalue weighted by molar-refractivity contribution is 0.0902. The van der Waals surface area contributed by atoms with Gasteiger partial charge in [0, 0.05) is 20.6 Å². The van der Waals surface area contributed by atoms with Crippen molar-refractivity contribution in [2.24, 2.45) is 11.7 Å². The Morgan fingerprint density at radius 3 is 2.46 bits per heavy atom. The molecule has 3 N–H and O–H groups in total. The number of nitrogens with two attached hydrogens (primary N) is 1. The molecule has 0 saturated heterocycles. The molecule has 2 heterocycles. The van der Waals surface area contributed by atoms with Crippen LogP contribution < -0.4 is 16.0 Å². The molecule has 1 atom stereocenters. The SMILES string of the molecule is CC(C)CC(C)(CN)NC(=O)c1cc2sc(N(C)C)nc2s1.Cl.Cl. The molecule has 1 amide bonds. The van der Waals surface area contributed by atoms with Crippen molar-refractivity contribution in [3.05, 3.63) is 10.9 Å². The first-order valence-corrected chi connectivity index (χ1v) is 8.97. The highest BCUT2D eigenvalue weighted by atomic mass is 35.5. The quantitative estimate of drug-likeness (QED) is 0.757. The van der Waals surface area contributed by atoms with E-state index in [9.17, 15) is 4.79 Å². The number of anilines is 1. The summed E-state index contributed by atoms with van der Waals surface area (Å²) in [5.74, 6) is 0.417. The van der Waals surface area contributed by atoms with E-state index in [4.69, 9.17) is 5.73 Å². The van der Waals surface area contributed by atoms with E-state index >= 15 is 0 Å². The van der Waals surface area contributed by atoms with Crippen LogP contribution >= 0.6 is 47.5 Å². The Hall–Kier alpha value is -0.600. The van der Waals surface area contributed by atoms with Gasteiger partial charge in [-0.3, -0.25) is 4.79 Å². The Labute approximate surface area is 163 Å². The van der Waals surface area contributed by atoms with Crippen LogP contribution in [0.15, 0.2) is 6.07 Å². The molecule has 0 aliphatic carbocycles. The van der Waals surface area contributed by atoms with Gasteiger partial charge in [0.2, 0.25) is 0 Å². The van der Waals surface area contributed by atoms with Gasteiger partial charge in [-0.2, -0.15) is 0 Å². The monoisotopic (exact) mass is 412 g/mol. The molecule has 5 nitrogen and oxygen atoms in total. The van der Waals surface area contributed by atoms with Gasteiger partial charge >= 0.3 is 0 Å². The van der Waals surface area contributed by atoms with Crippen molar-refractivity contribution in [2.75, 3.05) is 25.5 Å². The molecule has 0 aromatic carbocycles. The van der Waals surface area contributed by atoms with Gasteiger partial charge in [-0.1, -0.05) is 25.2 Å². The Morgan fingerprint density at radius 2 is 2.00 bits per heavy atom. The predicted molar refractivity (Wildman–Crippen MR) is 111 cm³/mol. The van der Waals surface area contributed by atoms with E-state index in [1.807, 2.05) is 32.0 Å². The number of nitrogens with one attached hydrogen (secondary N) is 1. The molecular formula is C15H26Cl2N4OS2. The fourth-order valence-corrected chi connectivity index (χ4v) is 4.48. The number of carbonyl (C=O) groups is 1. The van der Waals surface area contributed by atoms with Crippen LogP contribution in [0, 0.1) is 5.92 Å². The minimum Gasteiger partial charge on any atom is -0.354 e. The Balaban J connectivity index is 0.00000264. The number of nitrogens with zero attached hydrogens (tertiary/aromatic N) is 2. The summed E-state index contributed by atoms with van der Waals surface area (Å²) in [6.45, 7) is 6.70. The number of carbonyl (C=O) groups excluding carboxylic acids is 1. The molecule has 0 saturated carbocycles. The van der Waals surface area contributed by atoms with E-state index in [0.717, 1.165) is 21.1 Å². The average molecular weight is 413 g/mol. The first-order valence-electron chi connectivity index (χ1n) is 7.34. The third kappa shape index (κ3) is 5.46. The first kappa shape index (κ1) is 23.4. The lowest BCUT2D eigenvalue weighted by Crippen LogP contribution is -2.52. The van der Waals surface area contributed by atoms with Crippen LogP contribution in [0.4, 0.5) is 5.13 Å². The smallest absolute Gasteiger partial charge is 0.261 e. The summed E-state index contributed by atoms with van der Waals surface area (Å²) in [5.41, 5.74) is 5.49. The van der Waals surface area contributed by atoms with Gasteiger partial charge in [0.25, 0.3) is 5.91 Å². The molecule has 0 aliphatic rings. The molecule has 2 aromatic heterocycles. The molecule has 138 valence electrons. The number of thiophene rings is 1. The van der Waals surface area contributed by atoms with Crippen LogP contribution in [-0.2, 0) is 0 Å². The van der Waals surface area contributed by atoms with Crippen molar-refractivity contribution >= 4 is 68.1 Å². The predicted octanol–water partition coefficient (Wildman–Crippen LogP) is 3.76. The maximum Gasteiger partial charge on any atom is 0.261 e. The number of halogens is 2. The highest BCUT2D eigenvalue weighted by molar-refractivity contribution is 7.29. The van der Waals surface area contributed by atoms with Crippen molar-refractivity contribution in [1.29, 1.82) is 0 Å². The number of thiazole rings is 1. The van der Waals surface area contributed by atoms with Gasteiger partial charge in [-0.25, -0.2) is 4.98 Å².